The Hall–Kier alpha value is -0.380. The van der Waals surface area contributed by atoms with Crippen LogP contribution in [0.2, 0.25) is 0 Å². The van der Waals surface area contributed by atoms with Gasteiger partial charge in [-0.25, -0.2) is 8.42 Å². The predicted molar refractivity (Wildman–Crippen MR) is 80.5 cm³/mol. The van der Waals surface area contributed by atoms with Crippen molar-refractivity contribution in [2.24, 2.45) is 0 Å². The van der Waals surface area contributed by atoms with Gasteiger partial charge in [-0.1, -0.05) is 35.2 Å². The van der Waals surface area contributed by atoms with Crippen LogP contribution in [0, 0.1) is 11.3 Å². The van der Waals surface area contributed by atoms with E-state index in [1.165, 1.54) is 0 Å². The molecule has 0 aliphatic heterocycles. The summed E-state index contributed by atoms with van der Waals surface area (Å²) in [4.78, 5) is 0.199. The van der Waals surface area contributed by atoms with E-state index in [1.807, 2.05) is 0 Å². The first kappa shape index (κ1) is 15.0. The Bertz CT molecular complexity index is 629. The third-order valence-electron chi connectivity index (χ3n) is 3.56. The highest BCUT2D eigenvalue weighted by Gasteiger charge is 2.46. The van der Waals surface area contributed by atoms with Crippen molar-refractivity contribution in [3.63, 3.8) is 0 Å². The normalized spacial score (nSPS) is 18.8. The number of rotatable bonds is 2. The van der Waals surface area contributed by atoms with Gasteiger partial charge in [-0.05, 0) is 47.0 Å². The minimum absolute atomic E-state index is 0.199. The van der Waals surface area contributed by atoms with Crippen LogP contribution in [0.25, 0.3) is 0 Å². The summed E-state index contributed by atoms with van der Waals surface area (Å²) >= 11 is 6.56. The van der Waals surface area contributed by atoms with Gasteiger partial charge in [0.05, 0.1) is 11.0 Å². The molecule has 19 heavy (non-hydrogen) atoms. The summed E-state index contributed by atoms with van der Waals surface area (Å²) in [5, 5.41) is 9.44. The van der Waals surface area contributed by atoms with Crippen LogP contribution in [0.1, 0.15) is 32.1 Å². The molecule has 0 aromatic heterocycles. The highest BCUT2D eigenvalue weighted by atomic mass is 79.9. The maximum absolute atomic E-state index is 12.8. The number of benzene rings is 1. The van der Waals surface area contributed by atoms with Crippen LogP contribution < -0.4 is 0 Å². The first-order valence-corrected chi connectivity index (χ1v) is 9.11. The van der Waals surface area contributed by atoms with Gasteiger partial charge < -0.3 is 0 Å². The van der Waals surface area contributed by atoms with Crippen molar-refractivity contribution in [1.29, 1.82) is 5.26 Å². The summed E-state index contributed by atoms with van der Waals surface area (Å²) in [6.07, 6.45) is 3.42. The maximum Gasteiger partial charge on any atom is 0.198 e. The van der Waals surface area contributed by atoms with E-state index >= 15 is 0 Å². The predicted octanol–water partition coefficient (Wildman–Crippen LogP) is 4.21. The van der Waals surface area contributed by atoms with E-state index in [-0.39, 0.29) is 4.90 Å². The average molecular weight is 407 g/mol. The van der Waals surface area contributed by atoms with Crippen LogP contribution in [-0.4, -0.2) is 13.2 Å². The first-order valence-electron chi connectivity index (χ1n) is 6.04. The number of sulfone groups is 1. The lowest BCUT2D eigenvalue weighted by Gasteiger charge is -2.30. The minimum atomic E-state index is -3.66. The zero-order valence-electron chi connectivity index (χ0n) is 10.2. The van der Waals surface area contributed by atoms with E-state index in [1.54, 1.807) is 18.2 Å². The number of hydrogen-bond donors (Lipinski definition) is 0. The van der Waals surface area contributed by atoms with E-state index in [0.717, 1.165) is 19.3 Å². The zero-order chi connectivity index (χ0) is 14.1. The molecule has 0 spiro atoms. The highest BCUT2D eigenvalue weighted by molar-refractivity contribution is 9.11. The molecular weight excluding hydrogens is 394 g/mol. The Morgan fingerprint density at radius 1 is 1.16 bits per heavy atom. The summed E-state index contributed by atoms with van der Waals surface area (Å²) in [6.45, 7) is 0. The van der Waals surface area contributed by atoms with Crippen LogP contribution >= 0.6 is 31.9 Å². The van der Waals surface area contributed by atoms with Crippen LogP contribution in [0.4, 0.5) is 0 Å². The van der Waals surface area contributed by atoms with Gasteiger partial charge in [0.15, 0.2) is 14.6 Å². The molecule has 6 heteroatoms. The zero-order valence-corrected chi connectivity index (χ0v) is 14.2. The average Bonchev–Trinajstić information content (AvgIpc) is 2.42. The van der Waals surface area contributed by atoms with Crippen LogP contribution in [0.3, 0.4) is 0 Å². The van der Waals surface area contributed by atoms with Gasteiger partial charge in [0.1, 0.15) is 0 Å². The lowest BCUT2D eigenvalue weighted by atomic mass is 9.89. The van der Waals surface area contributed by atoms with Crippen LogP contribution in [0.15, 0.2) is 32.0 Å². The largest absolute Gasteiger partial charge is 0.222 e. The molecule has 0 unspecified atom stereocenters. The fourth-order valence-corrected chi connectivity index (χ4v) is 5.83. The molecule has 0 bridgehead atoms. The number of nitriles is 1. The minimum Gasteiger partial charge on any atom is -0.222 e. The Labute approximate surface area is 130 Å². The molecule has 0 heterocycles. The molecule has 0 radical (unpaired) electrons. The Balaban J connectivity index is 2.58. The van der Waals surface area contributed by atoms with Gasteiger partial charge in [-0.15, -0.1) is 0 Å². The van der Waals surface area contributed by atoms with E-state index in [9.17, 15) is 13.7 Å². The third kappa shape index (κ3) is 2.61. The van der Waals surface area contributed by atoms with Crippen molar-refractivity contribution in [3.05, 3.63) is 27.1 Å². The van der Waals surface area contributed by atoms with Gasteiger partial charge in [0.2, 0.25) is 0 Å². The maximum atomic E-state index is 12.8. The van der Waals surface area contributed by atoms with E-state index in [4.69, 9.17) is 0 Å². The van der Waals surface area contributed by atoms with Gasteiger partial charge in [0.25, 0.3) is 0 Å². The summed E-state index contributed by atoms with van der Waals surface area (Å²) in [5.41, 5.74) is 0. The quantitative estimate of drug-likeness (QED) is 0.738. The van der Waals surface area contributed by atoms with E-state index in [0.29, 0.717) is 21.8 Å². The summed E-state index contributed by atoms with van der Waals surface area (Å²) in [5.74, 6) is 0. The summed E-state index contributed by atoms with van der Waals surface area (Å²) < 4.78 is 25.6. The lowest BCUT2D eigenvalue weighted by molar-refractivity contribution is 0.430. The van der Waals surface area contributed by atoms with Crippen molar-refractivity contribution in [1.82, 2.24) is 0 Å². The fraction of sp³-hybridized carbons (Fsp3) is 0.462. The molecule has 0 saturated heterocycles. The van der Waals surface area contributed by atoms with Crippen molar-refractivity contribution in [2.45, 2.75) is 41.7 Å². The molecule has 102 valence electrons. The molecule has 2 rings (SSSR count). The summed E-state index contributed by atoms with van der Waals surface area (Å²) in [7, 11) is -3.66. The molecule has 0 N–H and O–H groups in total. The molecule has 0 atom stereocenters. The first-order chi connectivity index (χ1) is 8.93. The highest BCUT2D eigenvalue weighted by Crippen LogP contribution is 2.41. The molecule has 1 saturated carbocycles. The summed E-state index contributed by atoms with van der Waals surface area (Å²) in [6, 6.07) is 7.09. The second-order valence-corrected chi connectivity index (χ2v) is 8.74. The number of nitrogens with zero attached hydrogens (tertiary/aromatic N) is 1. The molecule has 1 aromatic rings. The third-order valence-corrected chi connectivity index (χ3v) is 7.45. The second kappa shape index (κ2) is 5.55. The number of halogens is 2. The lowest BCUT2D eigenvalue weighted by Crippen LogP contribution is -2.39. The smallest absolute Gasteiger partial charge is 0.198 e. The van der Waals surface area contributed by atoms with Gasteiger partial charge in [0, 0.05) is 8.95 Å². The van der Waals surface area contributed by atoms with Gasteiger partial charge >= 0.3 is 0 Å². The number of hydrogen-bond acceptors (Lipinski definition) is 3. The fourth-order valence-electron chi connectivity index (χ4n) is 2.46. The Morgan fingerprint density at radius 2 is 1.79 bits per heavy atom. The molecule has 1 aromatic carbocycles. The molecule has 3 nitrogen and oxygen atoms in total. The standard InChI is InChI=1S/C13H13Br2NO2S/c14-10-4-5-11(15)12(8-10)19(17,18)13(9-16)6-2-1-3-7-13/h4-5,8H,1-3,6-7H2. The van der Waals surface area contributed by atoms with Crippen LogP contribution in [-0.2, 0) is 9.84 Å². The van der Waals surface area contributed by atoms with Crippen molar-refractivity contribution in [3.8, 4) is 6.07 Å². The van der Waals surface area contributed by atoms with Crippen molar-refractivity contribution >= 4 is 41.7 Å². The Morgan fingerprint density at radius 3 is 2.37 bits per heavy atom. The van der Waals surface area contributed by atoms with E-state index in [2.05, 4.69) is 37.9 Å². The van der Waals surface area contributed by atoms with Crippen LogP contribution in [0.5, 0.6) is 0 Å². The molecule has 1 aliphatic rings. The monoisotopic (exact) mass is 405 g/mol. The van der Waals surface area contributed by atoms with Crippen molar-refractivity contribution in [2.75, 3.05) is 0 Å². The molecular formula is C13H13Br2NO2S. The Kier molecular flexibility index (Phi) is 4.38. The molecule has 1 aliphatic carbocycles. The van der Waals surface area contributed by atoms with Gasteiger partial charge in [-0.2, -0.15) is 5.26 Å². The topological polar surface area (TPSA) is 57.9 Å². The molecule has 0 amide bonds. The molecule has 1 fully saturated rings. The van der Waals surface area contributed by atoms with E-state index < -0.39 is 14.6 Å². The second-order valence-electron chi connectivity index (χ2n) is 4.74. The van der Waals surface area contributed by atoms with Crippen molar-refractivity contribution < 1.29 is 8.42 Å². The van der Waals surface area contributed by atoms with Gasteiger partial charge in [-0.3, -0.25) is 0 Å². The SMILES string of the molecule is N#CC1(S(=O)(=O)c2cc(Br)ccc2Br)CCCCC1.